The van der Waals surface area contributed by atoms with Gasteiger partial charge >= 0.3 is 0 Å². The quantitative estimate of drug-likeness (QED) is 0.342. The highest BCUT2D eigenvalue weighted by Gasteiger charge is 2.16. The molecule has 0 aliphatic rings. The monoisotopic (exact) mass is 442 g/mol. The van der Waals surface area contributed by atoms with E-state index in [1.165, 1.54) is 0 Å². The van der Waals surface area contributed by atoms with E-state index in [1.807, 2.05) is 69.3 Å². The van der Waals surface area contributed by atoms with Gasteiger partial charge in [-0.3, -0.25) is 4.79 Å². The molecule has 1 amide bonds. The summed E-state index contributed by atoms with van der Waals surface area (Å²) in [4.78, 5) is 16.8. The van der Waals surface area contributed by atoms with Crippen LogP contribution in [0.15, 0.2) is 71.5 Å². The van der Waals surface area contributed by atoms with Crippen LogP contribution in [0.2, 0.25) is 0 Å². The number of nitrogens with zero attached hydrogens (tertiary/aromatic N) is 1. The molecule has 1 N–H and O–H groups in total. The molecular weight excluding hydrogens is 416 g/mol. The first kappa shape index (κ1) is 22.1. The number of hydrogen-bond donors (Lipinski definition) is 1. The minimum Gasteiger partial charge on any atom is -0.497 e. The molecule has 4 aromatic rings. The Balaban J connectivity index is 1.73. The van der Waals surface area contributed by atoms with Gasteiger partial charge in [0.25, 0.3) is 0 Å². The first-order valence-electron chi connectivity index (χ1n) is 10.7. The number of carbonyl (C=O) groups is 1. The van der Waals surface area contributed by atoms with Crippen molar-refractivity contribution in [3.8, 4) is 22.6 Å². The summed E-state index contributed by atoms with van der Waals surface area (Å²) in [6.07, 6.45) is 4.95. The van der Waals surface area contributed by atoms with Crippen molar-refractivity contribution < 1.29 is 18.7 Å². The predicted molar refractivity (Wildman–Crippen MR) is 131 cm³/mol. The molecule has 2 aromatic carbocycles. The average Bonchev–Trinajstić information content (AvgIpc) is 3.21. The number of allylic oxidation sites excluding steroid dienone is 1. The van der Waals surface area contributed by atoms with Gasteiger partial charge in [0, 0.05) is 34.9 Å². The second-order valence-corrected chi connectivity index (χ2v) is 7.69. The van der Waals surface area contributed by atoms with Crippen LogP contribution in [0.5, 0.6) is 11.5 Å². The summed E-state index contributed by atoms with van der Waals surface area (Å²) in [5.74, 6) is 1.69. The van der Waals surface area contributed by atoms with E-state index in [4.69, 9.17) is 13.9 Å². The number of fused-ring (bicyclic) bond motifs is 1. The first-order valence-corrected chi connectivity index (χ1v) is 10.7. The zero-order valence-electron chi connectivity index (χ0n) is 19.1. The van der Waals surface area contributed by atoms with Crippen LogP contribution in [0.25, 0.3) is 27.7 Å². The van der Waals surface area contributed by atoms with Gasteiger partial charge in [-0.15, -0.1) is 0 Å². The van der Waals surface area contributed by atoms with Gasteiger partial charge in [-0.25, -0.2) is 4.98 Å². The molecule has 0 bridgehead atoms. The molecule has 6 heteroatoms. The molecule has 4 rings (SSSR count). The fourth-order valence-electron chi connectivity index (χ4n) is 3.69. The molecule has 6 nitrogen and oxygen atoms in total. The standard InChI is InChI=1S/C27H26N2O4/c1-5-32-24-15-25-22(23(16-33-25)19-7-6-8-20(13-19)31-4)14-21(24)18(3)12-27(30)29-26-11-17(2)9-10-28-26/h6-16H,5H2,1-4H3,(H,28,29,30)/b18-12+. The van der Waals surface area contributed by atoms with Crippen LogP contribution in [0.4, 0.5) is 5.82 Å². The molecule has 33 heavy (non-hydrogen) atoms. The molecule has 0 spiro atoms. The summed E-state index contributed by atoms with van der Waals surface area (Å²) < 4.78 is 17.1. The van der Waals surface area contributed by atoms with E-state index in [9.17, 15) is 4.79 Å². The summed E-state index contributed by atoms with van der Waals surface area (Å²) in [7, 11) is 1.64. The molecule has 0 saturated carbocycles. The molecule has 2 aromatic heterocycles. The van der Waals surface area contributed by atoms with Gasteiger partial charge < -0.3 is 19.2 Å². The zero-order valence-corrected chi connectivity index (χ0v) is 19.1. The predicted octanol–water partition coefficient (Wildman–Crippen LogP) is 6.25. The maximum Gasteiger partial charge on any atom is 0.249 e. The highest BCUT2D eigenvalue weighted by molar-refractivity contribution is 6.05. The van der Waals surface area contributed by atoms with Crippen molar-refractivity contribution in [2.75, 3.05) is 19.0 Å². The number of ether oxygens (including phenoxy) is 2. The number of amides is 1. The molecule has 0 fully saturated rings. The number of carbonyl (C=O) groups excluding carboxylic acids is 1. The zero-order chi connectivity index (χ0) is 23.4. The van der Waals surface area contributed by atoms with E-state index >= 15 is 0 Å². The summed E-state index contributed by atoms with van der Waals surface area (Å²) in [5, 5.41) is 3.74. The Morgan fingerprint density at radius 2 is 2.03 bits per heavy atom. The number of aromatic nitrogens is 1. The summed E-state index contributed by atoms with van der Waals surface area (Å²) in [5.41, 5.74) is 5.24. The van der Waals surface area contributed by atoms with Crippen molar-refractivity contribution in [2.45, 2.75) is 20.8 Å². The second kappa shape index (κ2) is 9.61. The van der Waals surface area contributed by atoms with Crippen LogP contribution in [0.3, 0.4) is 0 Å². The van der Waals surface area contributed by atoms with Crippen LogP contribution < -0.4 is 14.8 Å². The third-order valence-electron chi connectivity index (χ3n) is 5.30. The van der Waals surface area contributed by atoms with E-state index in [1.54, 1.807) is 25.6 Å². The smallest absolute Gasteiger partial charge is 0.249 e. The largest absolute Gasteiger partial charge is 0.497 e. The molecule has 168 valence electrons. The molecule has 0 atom stereocenters. The van der Waals surface area contributed by atoms with Crippen molar-refractivity contribution >= 4 is 28.3 Å². The lowest BCUT2D eigenvalue weighted by Crippen LogP contribution is -2.10. The van der Waals surface area contributed by atoms with Crippen molar-refractivity contribution in [1.29, 1.82) is 0 Å². The molecule has 2 heterocycles. The van der Waals surface area contributed by atoms with Crippen molar-refractivity contribution in [2.24, 2.45) is 0 Å². The van der Waals surface area contributed by atoms with Crippen molar-refractivity contribution in [3.63, 3.8) is 0 Å². The Morgan fingerprint density at radius 1 is 1.18 bits per heavy atom. The fourth-order valence-corrected chi connectivity index (χ4v) is 3.69. The lowest BCUT2D eigenvalue weighted by atomic mass is 9.99. The number of aryl methyl sites for hydroxylation is 1. The number of nitrogens with one attached hydrogen (secondary N) is 1. The van der Waals surface area contributed by atoms with E-state index in [-0.39, 0.29) is 5.91 Å². The lowest BCUT2D eigenvalue weighted by Gasteiger charge is -2.12. The average molecular weight is 443 g/mol. The summed E-state index contributed by atoms with van der Waals surface area (Å²) in [6.45, 7) is 6.26. The van der Waals surface area contributed by atoms with Crippen molar-refractivity contribution in [3.05, 3.63) is 78.2 Å². The summed E-state index contributed by atoms with van der Waals surface area (Å²) in [6, 6.07) is 15.4. The van der Waals surface area contributed by atoms with E-state index in [2.05, 4.69) is 10.3 Å². The Kier molecular flexibility index (Phi) is 6.45. The maximum atomic E-state index is 12.6. The van der Waals surface area contributed by atoms with Gasteiger partial charge in [-0.2, -0.15) is 0 Å². The number of anilines is 1. The normalized spacial score (nSPS) is 11.5. The maximum absolute atomic E-state index is 12.6. The Hall–Kier alpha value is -4.06. The number of rotatable bonds is 7. The Morgan fingerprint density at radius 3 is 2.79 bits per heavy atom. The van der Waals surface area contributed by atoms with Gasteiger partial charge in [-0.1, -0.05) is 12.1 Å². The minimum atomic E-state index is -0.256. The van der Waals surface area contributed by atoms with Gasteiger partial charge in [0.05, 0.1) is 20.0 Å². The Bertz CT molecular complexity index is 1340. The van der Waals surface area contributed by atoms with Gasteiger partial charge in [-0.05, 0) is 67.8 Å². The number of pyridine rings is 1. The van der Waals surface area contributed by atoms with Gasteiger partial charge in [0.2, 0.25) is 5.91 Å². The topological polar surface area (TPSA) is 73.6 Å². The van der Waals surface area contributed by atoms with E-state index in [0.717, 1.165) is 39.0 Å². The highest BCUT2D eigenvalue weighted by Crippen LogP contribution is 2.38. The number of benzene rings is 2. The van der Waals surface area contributed by atoms with Crippen LogP contribution in [0, 0.1) is 6.92 Å². The van der Waals surface area contributed by atoms with Crippen LogP contribution in [-0.4, -0.2) is 24.6 Å². The third-order valence-corrected chi connectivity index (χ3v) is 5.30. The van der Waals surface area contributed by atoms with E-state index in [0.29, 0.717) is 23.8 Å². The van der Waals surface area contributed by atoms with E-state index < -0.39 is 0 Å². The van der Waals surface area contributed by atoms with Crippen LogP contribution >= 0.6 is 0 Å². The molecule has 0 radical (unpaired) electrons. The molecular formula is C27H26N2O4. The van der Waals surface area contributed by atoms with Crippen molar-refractivity contribution in [1.82, 2.24) is 4.98 Å². The Labute approximate surface area is 192 Å². The minimum absolute atomic E-state index is 0.256. The fraction of sp³-hybridized carbons (Fsp3) is 0.185. The molecule has 0 aliphatic heterocycles. The SMILES string of the molecule is CCOc1cc2occ(-c3cccc(OC)c3)c2cc1/C(C)=C/C(=O)Nc1cc(C)ccn1. The molecule has 0 saturated heterocycles. The molecule has 0 unspecified atom stereocenters. The van der Waals surface area contributed by atoms with Crippen LogP contribution in [-0.2, 0) is 4.79 Å². The molecule has 0 aliphatic carbocycles. The van der Waals surface area contributed by atoms with Gasteiger partial charge in [0.15, 0.2) is 0 Å². The second-order valence-electron chi connectivity index (χ2n) is 7.69. The number of furan rings is 1. The first-order chi connectivity index (χ1) is 16.0. The van der Waals surface area contributed by atoms with Gasteiger partial charge in [0.1, 0.15) is 22.9 Å². The number of hydrogen-bond acceptors (Lipinski definition) is 5. The summed E-state index contributed by atoms with van der Waals surface area (Å²) >= 11 is 0. The third kappa shape index (κ3) is 4.90. The lowest BCUT2D eigenvalue weighted by molar-refractivity contribution is -0.111. The number of methoxy groups -OCH3 is 1. The highest BCUT2D eigenvalue weighted by atomic mass is 16.5. The van der Waals surface area contributed by atoms with Crippen LogP contribution in [0.1, 0.15) is 25.0 Å².